The van der Waals surface area contributed by atoms with Crippen LogP contribution in [0.25, 0.3) is 0 Å². The molecule has 3 nitrogen and oxygen atoms in total. The monoisotopic (exact) mass is 245 g/mol. The van der Waals surface area contributed by atoms with Gasteiger partial charge in [-0.2, -0.15) is 0 Å². The van der Waals surface area contributed by atoms with Crippen LogP contribution in [0.4, 0.5) is 0 Å². The molecule has 18 heavy (non-hydrogen) atoms. The average molecular weight is 245 g/mol. The number of aromatic nitrogens is 1. The van der Waals surface area contributed by atoms with Crippen LogP contribution >= 0.6 is 0 Å². The third kappa shape index (κ3) is 8.42. The molecular weight excluding hydrogens is 222 g/mol. The Morgan fingerprint density at radius 2 is 2.22 bits per heavy atom. The van der Waals surface area contributed by atoms with Crippen molar-refractivity contribution in [3.8, 4) is 0 Å². The van der Waals surface area contributed by atoms with Gasteiger partial charge >= 0.3 is 0 Å². The molecule has 1 heterocycles. The zero-order valence-corrected chi connectivity index (χ0v) is 11.6. The van der Waals surface area contributed by atoms with E-state index in [0.717, 1.165) is 17.9 Å². The molecule has 0 saturated carbocycles. The molecular formula is C15H23N3. The van der Waals surface area contributed by atoms with E-state index in [1.165, 1.54) is 0 Å². The maximum atomic E-state index is 4.21. The predicted octanol–water partition coefficient (Wildman–Crippen LogP) is 3.36. The van der Waals surface area contributed by atoms with Gasteiger partial charge in [-0.1, -0.05) is 32.6 Å². The highest BCUT2D eigenvalue weighted by Gasteiger charge is 1.93. The van der Waals surface area contributed by atoms with Gasteiger partial charge in [0.1, 0.15) is 0 Å². The van der Waals surface area contributed by atoms with E-state index in [4.69, 9.17) is 0 Å². The lowest BCUT2D eigenvalue weighted by atomic mass is 10.3. The van der Waals surface area contributed by atoms with Crippen molar-refractivity contribution in [1.82, 2.24) is 10.3 Å². The summed E-state index contributed by atoms with van der Waals surface area (Å²) in [4.78, 5) is 8.37. The molecule has 0 aromatic carbocycles. The molecule has 0 radical (unpaired) electrons. The molecule has 1 rings (SSSR count). The van der Waals surface area contributed by atoms with Crippen molar-refractivity contribution >= 4 is 6.21 Å². The van der Waals surface area contributed by atoms with E-state index >= 15 is 0 Å². The van der Waals surface area contributed by atoms with Crippen molar-refractivity contribution in [3.05, 3.63) is 54.5 Å². The normalized spacial score (nSPS) is 10.4. The Kier molecular flexibility index (Phi) is 10.6. The molecule has 0 aliphatic rings. The Morgan fingerprint density at radius 3 is 2.83 bits per heavy atom. The van der Waals surface area contributed by atoms with Crippen LogP contribution in [0, 0.1) is 0 Å². The number of nitrogens with zero attached hydrogens (tertiary/aromatic N) is 2. The lowest BCUT2D eigenvalue weighted by Gasteiger charge is -2.02. The molecule has 0 aliphatic carbocycles. The molecule has 0 atom stereocenters. The topological polar surface area (TPSA) is 37.3 Å². The predicted molar refractivity (Wildman–Crippen MR) is 79.7 cm³/mol. The zero-order valence-electron chi connectivity index (χ0n) is 11.6. The maximum Gasteiger partial charge on any atom is 0.0541 e. The third-order valence-corrected chi connectivity index (χ3v) is 1.90. The Labute approximate surface area is 110 Å². The molecule has 1 aromatic heterocycles. The molecule has 0 fully saturated rings. The Balaban J connectivity index is 0.00000137. The SMILES string of the molecule is C=C(CNCc1ccccn1)N=C/C=C\C.CC. The lowest BCUT2D eigenvalue weighted by Crippen LogP contribution is -2.16. The number of aliphatic imine (C=N–C) groups is 1. The molecule has 0 unspecified atom stereocenters. The van der Waals surface area contributed by atoms with E-state index in [1.54, 1.807) is 12.4 Å². The van der Waals surface area contributed by atoms with E-state index < -0.39 is 0 Å². The van der Waals surface area contributed by atoms with Gasteiger partial charge in [-0.3, -0.25) is 9.98 Å². The smallest absolute Gasteiger partial charge is 0.0541 e. The Hall–Kier alpha value is -1.74. The number of hydrogen-bond acceptors (Lipinski definition) is 3. The fourth-order valence-corrected chi connectivity index (χ4v) is 1.12. The van der Waals surface area contributed by atoms with E-state index in [1.807, 2.05) is 51.1 Å². The van der Waals surface area contributed by atoms with Crippen LogP contribution in [-0.4, -0.2) is 17.7 Å². The van der Waals surface area contributed by atoms with Crippen LogP contribution in [0.3, 0.4) is 0 Å². The molecule has 0 amide bonds. The highest BCUT2D eigenvalue weighted by Crippen LogP contribution is 1.94. The molecule has 98 valence electrons. The van der Waals surface area contributed by atoms with Gasteiger partial charge in [0.05, 0.1) is 5.69 Å². The van der Waals surface area contributed by atoms with Crippen molar-refractivity contribution in [2.45, 2.75) is 27.3 Å². The number of hydrogen-bond donors (Lipinski definition) is 1. The average Bonchev–Trinajstić information content (AvgIpc) is 2.42. The summed E-state index contributed by atoms with van der Waals surface area (Å²) >= 11 is 0. The minimum Gasteiger partial charge on any atom is -0.306 e. The molecule has 0 spiro atoms. The summed E-state index contributed by atoms with van der Waals surface area (Å²) in [5.41, 5.74) is 1.83. The summed E-state index contributed by atoms with van der Waals surface area (Å²) < 4.78 is 0. The van der Waals surface area contributed by atoms with Crippen LogP contribution in [-0.2, 0) is 6.54 Å². The summed E-state index contributed by atoms with van der Waals surface area (Å²) in [5.74, 6) is 0. The number of nitrogens with one attached hydrogen (secondary N) is 1. The van der Waals surface area contributed by atoms with Crippen molar-refractivity contribution in [2.24, 2.45) is 4.99 Å². The standard InChI is InChI=1S/C13H17N3.C2H6/c1-3-4-8-15-12(2)10-14-11-13-7-5-6-9-16-13;1-2/h3-9,14H,2,10-11H2,1H3;1-2H3/b4-3-,15-8?;. The number of pyridine rings is 1. The molecule has 0 bridgehead atoms. The van der Waals surface area contributed by atoms with E-state index in [0.29, 0.717) is 6.54 Å². The number of allylic oxidation sites excluding steroid dienone is 2. The molecule has 1 aromatic rings. The van der Waals surface area contributed by atoms with Crippen molar-refractivity contribution < 1.29 is 0 Å². The zero-order chi connectivity index (χ0) is 13.6. The first-order valence-electron chi connectivity index (χ1n) is 6.26. The van der Waals surface area contributed by atoms with Gasteiger partial charge in [-0.15, -0.1) is 0 Å². The van der Waals surface area contributed by atoms with E-state index in [-0.39, 0.29) is 0 Å². The second-order valence-corrected chi connectivity index (χ2v) is 3.29. The molecule has 0 saturated heterocycles. The molecule has 1 N–H and O–H groups in total. The van der Waals surface area contributed by atoms with Gasteiger partial charge in [0.2, 0.25) is 0 Å². The first-order valence-corrected chi connectivity index (χ1v) is 6.26. The van der Waals surface area contributed by atoms with Gasteiger partial charge < -0.3 is 5.32 Å². The van der Waals surface area contributed by atoms with Crippen molar-refractivity contribution in [3.63, 3.8) is 0 Å². The van der Waals surface area contributed by atoms with Gasteiger partial charge in [0, 0.05) is 31.2 Å². The molecule has 3 heteroatoms. The van der Waals surface area contributed by atoms with Crippen LogP contribution < -0.4 is 5.32 Å². The summed E-state index contributed by atoms with van der Waals surface area (Å²) in [6, 6.07) is 5.87. The van der Waals surface area contributed by atoms with Crippen LogP contribution in [0.5, 0.6) is 0 Å². The first-order chi connectivity index (χ1) is 8.83. The van der Waals surface area contributed by atoms with Crippen LogP contribution in [0.15, 0.2) is 53.8 Å². The summed E-state index contributed by atoms with van der Waals surface area (Å²) in [5, 5.41) is 3.23. The summed E-state index contributed by atoms with van der Waals surface area (Å²) in [7, 11) is 0. The minimum absolute atomic E-state index is 0.671. The summed E-state index contributed by atoms with van der Waals surface area (Å²) in [6.07, 6.45) is 7.34. The van der Waals surface area contributed by atoms with Crippen molar-refractivity contribution in [2.75, 3.05) is 6.54 Å². The van der Waals surface area contributed by atoms with Crippen LogP contribution in [0.1, 0.15) is 26.5 Å². The van der Waals surface area contributed by atoms with Gasteiger partial charge in [0.15, 0.2) is 0 Å². The van der Waals surface area contributed by atoms with Gasteiger partial charge in [-0.05, 0) is 25.1 Å². The highest BCUT2D eigenvalue weighted by molar-refractivity contribution is 5.71. The Bertz CT molecular complexity index is 367. The van der Waals surface area contributed by atoms with E-state index in [9.17, 15) is 0 Å². The fourth-order valence-electron chi connectivity index (χ4n) is 1.12. The molecule has 0 aliphatic heterocycles. The van der Waals surface area contributed by atoms with Gasteiger partial charge in [-0.25, -0.2) is 0 Å². The quantitative estimate of drug-likeness (QED) is 0.780. The highest BCUT2D eigenvalue weighted by atomic mass is 14.9. The Morgan fingerprint density at radius 1 is 1.44 bits per heavy atom. The second kappa shape index (κ2) is 11.7. The fraction of sp³-hybridized carbons (Fsp3) is 0.333. The van der Waals surface area contributed by atoms with Crippen molar-refractivity contribution in [1.29, 1.82) is 0 Å². The lowest BCUT2D eigenvalue weighted by molar-refractivity contribution is 0.721. The maximum absolute atomic E-state index is 4.21. The number of rotatable bonds is 6. The largest absolute Gasteiger partial charge is 0.306 e. The second-order valence-electron chi connectivity index (χ2n) is 3.29. The summed E-state index contributed by atoms with van der Waals surface area (Å²) in [6.45, 7) is 11.2. The minimum atomic E-state index is 0.671. The van der Waals surface area contributed by atoms with E-state index in [2.05, 4.69) is 21.9 Å². The van der Waals surface area contributed by atoms with Crippen LogP contribution in [0.2, 0.25) is 0 Å². The third-order valence-electron chi connectivity index (χ3n) is 1.90. The first kappa shape index (κ1) is 16.3. The van der Waals surface area contributed by atoms with Gasteiger partial charge in [0.25, 0.3) is 0 Å².